The van der Waals surface area contributed by atoms with Crippen LogP contribution < -0.4 is 5.32 Å². The predicted molar refractivity (Wildman–Crippen MR) is 66.5 cm³/mol. The Morgan fingerprint density at radius 2 is 2.17 bits per heavy atom. The molecule has 1 heterocycles. The predicted octanol–water partition coefficient (Wildman–Crippen LogP) is -0.437. The van der Waals surface area contributed by atoms with Gasteiger partial charge in [0.1, 0.15) is 0 Å². The maximum atomic E-state index is 12.1. The number of nitrogens with one attached hydrogen (secondary N) is 1. The number of ether oxygens (including phenoxy) is 1. The van der Waals surface area contributed by atoms with Crippen molar-refractivity contribution in [1.29, 1.82) is 0 Å². The third-order valence-corrected chi connectivity index (χ3v) is 5.25. The largest absolute Gasteiger partial charge is 0.378 e. The molecule has 1 aliphatic carbocycles. The van der Waals surface area contributed by atoms with Crippen molar-refractivity contribution >= 4 is 15.9 Å². The monoisotopic (exact) mass is 276 g/mol. The van der Waals surface area contributed by atoms with Crippen LogP contribution in [0.2, 0.25) is 0 Å². The van der Waals surface area contributed by atoms with Crippen LogP contribution in [-0.4, -0.2) is 56.7 Å². The van der Waals surface area contributed by atoms with E-state index >= 15 is 0 Å². The van der Waals surface area contributed by atoms with Crippen LogP contribution in [0.15, 0.2) is 0 Å². The lowest BCUT2D eigenvalue weighted by atomic mass is 10.3. The molecule has 6 nitrogen and oxygen atoms in total. The van der Waals surface area contributed by atoms with E-state index in [1.807, 2.05) is 6.92 Å². The Morgan fingerprint density at radius 1 is 1.44 bits per heavy atom. The molecular weight excluding hydrogens is 256 g/mol. The van der Waals surface area contributed by atoms with Crippen molar-refractivity contribution < 1.29 is 17.9 Å². The van der Waals surface area contributed by atoms with E-state index in [1.165, 1.54) is 4.31 Å². The van der Waals surface area contributed by atoms with Gasteiger partial charge in [-0.2, -0.15) is 4.31 Å². The quantitative estimate of drug-likeness (QED) is 0.739. The molecule has 1 N–H and O–H groups in total. The summed E-state index contributed by atoms with van der Waals surface area (Å²) in [4.78, 5) is 11.4. The third kappa shape index (κ3) is 3.43. The highest BCUT2D eigenvalue weighted by atomic mass is 32.2. The minimum atomic E-state index is -3.29. The molecule has 1 unspecified atom stereocenters. The highest BCUT2D eigenvalue weighted by Crippen LogP contribution is 2.28. The number of carbonyl (C=O) groups is 1. The van der Waals surface area contributed by atoms with E-state index in [0.29, 0.717) is 19.8 Å². The fourth-order valence-corrected chi connectivity index (χ4v) is 3.59. The first kappa shape index (κ1) is 13.8. The van der Waals surface area contributed by atoms with Crippen molar-refractivity contribution in [2.24, 2.45) is 5.92 Å². The molecule has 1 aliphatic heterocycles. The lowest BCUT2D eigenvalue weighted by Crippen LogP contribution is -2.49. The maximum Gasteiger partial charge on any atom is 0.223 e. The number of carbonyl (C=O) groups excluding carboxylic acids is 1. The van der Waals surface area contributed by atoms with Crippen LogP contribution in [0, 0.1) is 5.92 Å². The highest BCUT2D eigenvalue weighted by molar-refractivity contribution is 7.89. The fraction of sp³-hybridized carbons (Fsp3) is 0.909. The molecule has 2 aliphatic rings. The van der Waals surface area contributed by atoms with E-state index < -0.39 is 10.0 Å². The van der Waals surface area contributed by atoms with Crippen LogP contribution in [0.25, 0.3) is 0 Å². The van der Waals surface area contributed by atoms with E-state index in [9.17, 15) is 13.2 Å². The Hall–Kier alpha value is -0.660. The second kappa shape index (κ2) is 5.54. The van der Waals surface area contributed by atoms with Crippen molar-refractivity contribution in [3.8, 4) is 0 Å². The van der Waals surface area contributed by atoms with Gasteiger partial charge in [0, 0.05) is 25.0 Å². The topological polar surface area (TPSA) is 75.7 Å². The van der Waals surface area contributed by atoms with Crippen molar-refractivity contribution in [1.82, 2.24) is 9.62 Å². The number of rotatable bonds is 5. The van der Waals surface area contributed by atoms with E-state index in [-0.39, 0.29) is 30.2 Å². The van der Waals surface area contributed by atoms with Gasteiger partial charge in [0.2, 0.25) is 15.9 Å². The Bertz CT molecular complexity index is 405. The number of sulfonamides is 1. The van der Waals surface area contributed by atoms with Crippen molar-refractivity contribution in [2.45, 2.75) is 25.8 Å². The summed E-state index contributed by atoms with van der Waals surface area (Å²) < 4.78 is 30.8. The summed E-state index contributed by atoms with van der Waals surface area (Å²) in [5, 5.41) is 2.68. The number of morpholine rings is 1. The zero-order valence-electron chi connectivity index (χ0n) is 10.6. The molecular formula is C11H20N2O4S. The SMILES string of the molecule is CC1COCCN1S(=O)(=O)CCNC(=O)C1CC1. The zero-order chi connectivity index (χ0) is 13.2. The summed E-state index contributed by atoms with van der Waals surface area (Å²) in [6.45, 7) is 3.31. The molecule has 18 heavy (non-hydrogen) atoms. The average Bonchev–Trinajstić information content (AvgIpc) is 3.12. The molecule has 7 heteroatoms. The van der Waals surface area contributed by atoms with Gasteiger partial charge in [0.25, 0.3) is 0 Å². The zero-order valence-corrected chi connectivity index (χ0v) is 11.4. The second-order valence-electron chi connectivity index (χ2n) is 4.92. The molecule has 1 atom stereocenters. The van der Waals surface area contributed by atoms with E-state index in [4.69, 9.17) is 4.74 Å². The number of hydrogen-bond donors (Lipinski definition) is 1. The van der Waals surface area contributed by atoms with Gasteiger partial charge in [-0.05, 0) is 19.8 Å². The van der Waals surface area contributed by atoms with Crippen molar-refractivity contribution in [2.75, 3.05) is 32.1 Å². The van der Waals surface area contributed by atoms with Crippen LogP contribution in [0.1, 0.15) is 19.8 Å². The third-order valence-electron chi connectivity index (χ3n) is 3.27. The van der Waals surface area contributed by atoms with E-state index in [2.05, 4.69) is 5.32 Å². The molecule has 0 aromatic rings. The summed E-state index contributed by atoms with van der Waals surface area (Å²) >= 11 is 0. The molecule has 0 aromatic heterocycles. The minimum absolute atomic E-state index is 0.0137. The molecule has 0 radical (unpaired) electrons. The van der Waals surface area contributed by atoms with Crippen molar-refractivity contribution in [3.63, 3.8) is 0 Å². The van der Waals surface area contributed by atoms with Crippen LogP contribution in [0.3, 0.4) is 0 Å². The lowest BCUT2D eigenvalue weighted by Gasteiger charge is -2.32. The number of nitrogens with zero attached hydrogens (tertiary/aromatic N) is 1. The van der Waals surface area contributed by atoms with Gasteiger partial charge >= 0.3 is 0 Å². The van der Waals surface area contributed by atoms with Gasteiger partial charge < -0.3 is 10.1 Å². The molecule has 2 rings (SSSR count). The number of amides is 1. The van der Waals surface area contributed by atoms with Crippen LogP contribution in [0.5, 0.6) is 0 Å². The molecule has 1 amide bonds. The first-order valence-corrected chi connectivity index (χ1v) is 7.96. The standard InChI is InChI=1S/C11H20N2O4S/c1-9-8-17-6-5-13(9)18(15,16)7-4-12-11(14)10-2-3-10/h9-10H,2-8H2,1H3,(H,12,14). The Balaban J connectivity index is 1.80. The summed E-state index contributed by atoms with van der Waals surface area (Å²) in [5.74, 6) is 0.0748. The Morgan fingerprint density at radius 3 is 2.78 bits per heavy atom. The molecule has 0 spiro atoms. The molecule has 0 aromatic carbocycles. The summed E-state index contributed by atoms with van der Waals surface area (Å²) in [6, 6.07) is -0.122. The van der Waals surface area contributed by atoms with Crippen LogP contribution in [-0.2, 0) is 19.6 Å². The van der Waals surface area contributed by atoms with E-state index in [1.54, 1.807) is 0 Å². The van der Waals surface area contributed by atoms with Gasteiger partial charge in [-0.1, -0.05) is 0 Å². The van der Waals surface area contributed by atoms with Crippen LogP contribution >= 0.6 is 0 Å². The van der Waals surface area contributed by atoms with Gasteiger partial charge in [-0.25, -0.2) is 8.42 Å². The number of hydrogen-bond acceptors (Lipinski definition) is 4. The molecule has 2 fully saturated rings. The normalized spacial score (nSPS) is 25.9. The van der Waals surface area contributed by atoms with Gasteiger partial charge in [0.05, 0.1) is 19.0 Å². The Labute approximate surface area is 108 Å². The highest BCUT2D eigenvalue weighted by Gasteiger charge is 2.31. The summed E-state index contributed by atoms with van der Waals surface area (Å²) in [7, 11) is -3.29. The molecule has 1 saturated heterocycles. The maximum absolute atomic E-state index is 12.1. The molecule has 104 valence electrons. The minimum Gasteiger partial charge on any atom is -0.378 e. The van der Waals surface area contributed by atoms with Gasteiger partial charge in [0.15, 0.2) is 0 Å². The second-order valence-corrected chi connectivity index (χ2v) is 6.96. The summed E-state index contributed by atoms with van der Waals surface area (Å²) in [6.07, 6.45) is 1.86. The fourth-order valence-electron chi connectivity index (χ4n) is 2.04. The molecule has 1 saturated carbocycles. The first-order chi connectivity index (χ1) is 8.50. The Kier molecular flexibility index (Phi) is 4.24. The van der Waals surface area contributed by atoms with Gasteiger partial charge in [-0.3, -0.25) is 4.79 Å². The lowest BCUT2D eigenvalue weighted by molar-refractivity contribution is -0.122. The van der Waals surface area contributed by atoms with Crippen molar-refractivity contribution in [3.05, 3.63) is 0 Å². The summed E-state index contributed by atoms with van der Waals surface area (Å²) in [5.41, 5.74) is 0. The molecule has 0 bridgehead atoms. The average molecular weight is 276 g/mol. The van der Waals surface area contributed by atoms with E-state index in [0.717, 1.165) is 12.8 Å². The van der Waals surface area contributed by atoms with Gasteiger partial charge in [-0.15, -0.1) is 0 Å². The first-order valence-electron chi connectivity index (χ1n) is 6.35. The van der Waals surface area contributed by atoms with Crippen LogP contribution in [0.4, 0.5) is 0 Å². The smallest absolute Gasteiger partial charge is 0.223 e.